The first-order valence-electron chi connectivity index (χ1n) is 5.34. The number of rotatable bonds is 5. The first kappa shape index (κ1) is 12.4. The van der Waals surface area contributed by atoms with Crippen molar-refractivity contribution in [2.24, 2.45) is 0 Å². The molecule has 2 aromatic heterocycles. The van der Waals surface area contributed by atoms with Crippen LogP contribution in [0.2, 0.25) is 0 Å². The van der Waals surface area contributed by atoms with E-state index in [-0.39, 0.29) is 5.03 Å². The fourth-order valence-corrected chi connectivity index (χ4v) is 2.59. The molecule has 0 aliphatic rings. The van der Waals surface area contributed by atoms with Gasteiger partial charge in [-0.25, -0.2) is 4.98 Å². The maximum absolute atomic E-state index is 12.1. The van der Waals surface area contributed by atoms with Gasteiger partial charge in [0, 0.05) is 18.9 Å². The minimum absolute atomic E-state index is 0.0342. The van der Waals surface area contributed by atoms with Gasteiger partial charge >= 0.3 is 0 Å². The van der Waals surface area contributed by atoms with Crippen LogP contribution in [0.15, 0.2) is 35.7 Å². The zero-order valence-electron chi connectivity index (χ0n) is 9.71. The first-order chi connectivity index (χ1) is 8.63. The molecule has 96 valence electrons. The van der Waals surface area contributed by atoms with Crippen molar-refractivity contribution in [3.8, 4) is 0 Å². The molecule has 0 aliphatic carbocycles. The van der Waals surface area contributed by atoms with E-state index in [1.165, 1.54) is 18.6 Å². The summed E-state index contributed by atoms with van der Waals surface area (Å²) in [7, 11) is -3.72. The number of pyridine rings is 1. The second-order valence-electron chi connectivity index (χ2n) is 3.48. The lowest BCUT2D eigenvalue weighted by atomic mass is 10.4. The molecule has 0 atom stereocenters. The molecule has 0 saturated carbocycles. The SMILES string of the molecule is CCNc1cccnc1S(=O)(=O)Nc1cn[nH]c1. The fraction of sp³-hybridized carbons (Fsp3) is 0.200. The van der Waals surface area contributed by atoms with E-state index in [1.54, 1.807) is 12.1 Å². The van der Waals surface area contributed by atoms with Gasteiger partial charge in [0.1, 0.15) is 0 Å². The Kier molecular flexibility index (Phi) is 3.47. The van der Waals surface area contributed by atoms with Gasteiger partial charge in [-0.1, -0.05) is 0 Å². The summed E-state index contributed by atoms with van der Waals surface area (Å²) < 4.78 is 26.7. The smallest absolute Gasteiger partial charge is 0.281 e. The average Bonchev–Trinajstić information content (AvgIpc) is 2.82. The summed E-state index contributed by atoms with van der Waals surface area (Å²) >= 11 is 0. The standard InChI is InChI=1S/C10H13N5O2S/c1-2-11-9-4-3-5-12-10(9)18(16,17)15-8-6-13-14-7-8/h3-7,11,15H,2H2,1H3,(H,13,14). The van der Waals surface area contributed by atoms with Crippen molar-refractivity contribution in [2.75, 3.05) is 16.6 Å². The van der Waals surface area contributed by atoms with Crippen LogP contribution in [0.3, 0.4) is 0 Å². The molecular formula is C10H13N5O2S. The van der Waals surface area contributed by atoms with Crippen molar-refractivity contribution in [1.82, 2.24) is 15.2 Å². The van der Waals surface area contributed by atoms with Gasteiger partial charge in [0.2, 0.25) is 0 Å². The van der Waals surface area contributed by atoms with E-state index < -0.39 is 10.0 Å². The highest BCUT2D eigenvalue weighted by Crippen LogP contribution is 2.20. The van der Waals surface area contributed by atoms with Gasteiger partial charge in [0.15, 0.2) is 5.03 Å². The van der Waals surface area contributed by atoms with Crippen LogP contribution in [-0.2, 0) is 10.0 Å². The van der Waals surface area contributed by atoms with E-state index in [9.17, 15) is 8.42 Å². The molecule has 0 amide bonds. The minimum Gasteiger partial charge on any atom is -0.383 e. The van der Waals surface area contributed by atoms with Crippen LogP contribution in [0.5, 0.6) is 0 Å². The molecule has 7 nitrogen and oxygen atoms in total. The molecule has 3 N–H and O–H groups in total. The van der Waals surface area contributed by atoms with Gasteiger partial charge in [-0.15, -0.1) is 0 Å². The van der Waals surface area contributed by atoms with Crippen molar-refractivity contribution in [2.45, 2.75) is 11.9 Å². The molecule has 0 aromatic carbocycles. The third kappa shape index (κ3) is 2.59. The van der Waals surface area contributed by atoms with Gasteiger partial charge in [0.25, 0.3) is 10.0 Å². The van der Waals surface area contributed by atoms with Crippen LogP contribution in [0, 0.1) is 0 Å². The number of sulfonamides is 1. The quantitative estimate of drug-likeness (QED) is 0.751. The van der Waals surface area contributed by atoms with Gasteiger partial charge in [-0.2, -0.15) is 13.5 Å². The van der Waals surface area contributed by atoms with E-state index in [2.05, 4.69) is 25.2 Å². The normalized spacial score (nSPS) is 11.2. The molecule has 2 aromatic rings. The lowest BCUT2D eigenvalue weighted by Crippen LogP contribution is -2.16. The monoisotopic (exact) mass is 267 g/mol. The van der Waals surface area contributed by atoms with Crippen molar-refractivity contribution in [3.05, 3.63) is 30.7 Å². The van der Waals surface area contributed by atoms with Crippen molar-refractivity contribution >= 4 is 21.4 Å². The van der Waals surface area contributed by atoms with Crippen LogP contribution in [0.4, 0.5) is 11.4 Å². The summed E-state index contributed by atoms with van der Waals surface area (Å²) in [6, 6.07) is 3.34. The number of hydrogen-bond acceptors (Lipinski definition) is 5. The van der Waals surface area contributed by atoms with Crippen LogP contribution >= 0.6 is 0 Å². The number of nitrogens with one attached hydrogen (secondary N) is 3. The molecule has 0 saturated heterocycles. The zero-order chi connectivity index (χ0) is 13.0. The highest BCUT2D eigenvalue weighted by molar-refractivity contribution is 7.92. The molecule has 0 aliphatic heterocycles. The van der Waals surface area contributed by atoms with Gasteiger partial charge in [-0.3, -0.25) is 9.82 Å². The minimum atomic E-state index is -3.72. The maximum atomic E-state index is 12.1. The number of H-pyrrole nitrogens is 1. The van der Waals surface area contributed by atoms with Crippen molar-refractivity contribution < 1.29 is 8.42 Å². The van der Waals surface area contributed by atoms with Crippen LogP contribution < -0.4 is 10.0 Å². The Morgan fingerprint density at radius 3 is 2.94 bits per heavy atom. The van der Waals surface area contributed by atoms with E-state index in [4.69, 9.17) is 0 Å². The van der Waals surface area contributed by atoms with E-state index in [0.717, 1.165) is 0 Å². The second kappa shape index (κ2) is 5.05. The Morgan fingerprint density at radius 2 is 2.28 bits per heavy atom. The number of nitrogens with zero attached hydrogens (tertiary/aromatic N) is 2. The Morgan fingerprint density at radius 1 is 1.44 bits per heavy atom. The van der Waals surface area contributed by atoms with Gasteiger partial charge < -0.3 is 5.32 Å². The predicted octanol–water partition coefficient (Wildman–Crippen LogP) is 1.04. The number of anilines is 2. The molecule has 2 rings (SSSR count). The summed E-state index contributed by atoms with van der Waals surface area (Å²) in [5, 5.41) is 9.12. The Labute approximate surface area is 105 Å². The topological polar surface area (TPSA) is 99.8 Å². The summed E-state index contributed by atoms with van der Waals surface area (Å²) in [5.74, 6) is 0. The van der Waals surface area contributed by atoms with E-state index in [0.29, 0.717) is 17.9 Å². The molecule has 8 heteroatoms. The average molecular weight is 267 g/mol. The third-order valence-electron chi connectivity index (χ3n) is 2.14. The molecule has 18 heavy (non-hydrogen) atoms. The summed E-state index contributed by atoms with van der Waals surface area (Å²) in [6.07, 6.45) is 4.27. The molecule has 0 spiro atoms. The van der Waals surface area contributed by atoms with E-state index >= 15 is 0 Å². The zero-order valence-corrected chi connectivity index (χ0v) is 10.5. The first-order valence-corrected chi connectivity index (χ1v) is 6.82. The lowest BCUT2D eigenvalue weighted by Gasteiger charge is -2.10. The van der Waals surface area contributed by atoms with Crippen molar-refractivity contribution in [3.63, 3.8) is 0 Å². The van der Waals surface area contributed by atoms with Gasteiger partial charge in [0.05, 0.1) is 17.6 Å². The number of hydrogen-bond donors (Lipinski definition) is 3. The van der Waals surface area contributed by atoms with Crippen molar-refractivity contribution in [1.29, 1.82) is 0 Å². The highest BCUT2D eigenvalue weighted by atomic mass is 32.2. The second-order valence-corrected chi connectivity index (χ2v) is 5.08. The summed E-state index contributed by atoms with van der Waals surface area (Å²) in [5.41, 5.74) is 0.832. The van der Waals surface area contributed by atoms with Crippen LogP contribution in [-0.4, -0.2) is 30.1 Å². The summed E-state index contributed by atoms with van der Waals surface area (Å²) in [4.78, 5) is 3.91. The largest absolute Gasteiger partial charge is 0.383 e. The highest BCUT2D eigenvalue weighted by Gasteiger charge is 2.20. The lowest BCUT2D eigenvalue weighted by molar-refractivity contribution is 0.598. The van der Waals surface area contributed by atoms with Crippen LogP contribution in [0.25, 0.3) is 0 Å². The molecule has 2 heterocycles. The van der Waals surface area contributed by atoms with Gasteiger partial charge in [-0.05, 0) is 19.1 Å². The number of aromatic nitrogens is 3. The maximum Gasteiger partial charge on any atom is 0.281 e. The fourth-order valence-electron chi connectivity index (χ4n) is 1.44. The van der Waals surface area contributed by atoms with Crippen LogP contribution in [0.1, 0.15) is 6.92 Å². The predicted molar refractivity (Wildman–Crippen MR) is 67.8 cm³/mol. The third-order valence-corrected chi connectivity index (χ3v) is 3.48. The Bertz CT molecular complexity index is 609. The Balaban J connectivity index is 2.35. The van der Waals surface area contributed by atoms with E-state index in [1.807, 2.05) is 6.92 Å². The molecule has 0 radical (unpaired) electrons. The molecular weight excluding hydrogens is 254 g/mol. The molecule has 0 fully saturated rings. The summed E-state index contributed by atoms with van der Waals surface area (Å²) in [6.45, 7) is 2.49. The molecule has 0 unspecified atom stereocenters. The molecule has 0 bridgehead atoms. The Hall–Kier alpha value is -2.09. The number of aromatic amines is 1.